The molecule has 0 unspecified atom stereocenters. The van der Waals surface area contributed by atoms with Gasteiger partial charge in [-0.2, -0.15) is 5.10 Å². The predicted octanol–water partition coefficient (Wildman–Crippen LogP) is 1.66. The summed E-state index contributed by atoms with van der Waals surface area (Å²) in [6, 6.07) is 5.44. The molecule has 0 saturated heterocycles. The predicted molar refractivity (Wildman–Crippen MR) is 107 cm³/mol. The number of pyridine rings is 1. The number of carbonyl (C=O) groups excluding carboxylic acids is 1. The van der Waals surface area contributed by atoms with E-state index in [1.807, 2.05) is 6.07 Å². The van der Waals surface area contributed by atoms with Crippen molar-refractivity contribution in [2.24, 2.45) is 5.92 Å². The second-order valence-electron chi connectivity index (χ2n) is 7.31. The van der Waals surface area contributed by atoms with Crippen molar-refractivity contribution in [3.8, 4) is 17.1 Å². The largest absolute Gasteiger partial charge is 0.481 e. The first-order valence-electron chi connectivity index (χ1n) is 9.65. The Morgan fingerprint density at radius 3 is 2.83 bits per heavy atom. The summed E-state index contributed by atoms with van der Waals surface area (Å²) in [5.74, 6) is 0.826. The van der Waals surface area contributed by atoms with Crippen molar-refractivity contribution in [1.29, 1.82) is 0 Å². The summed E-state index contributed by atoms with van der Waals surface area (Å²) in [5, 5.41) is 16.7. The minimum Gasteiger partial charge on any atom is -0.481 e. The molecule has 4 rings (SSSR count). The van der Waals surface area contributed by atoms with E-state index in [4.69, 9.17) is 10.5 Å². The van der Waals surface area contributed by atoms with Gasteiger partial charge in [0.2, 0.25) is 5.88 Å². The molecule has 0 atom stereocenters. The van der Waals surface area contributed by atoms with E-state index in [9.17, 15) is 9.90 Å². The van der Waals surface area contributed by atoms with Crippen LogP contribution in [-0.2, 0) is 0 Å². The third-order valence-corrected chi connectivity index (χ3v) is 5.51. The van der Waals surface area contributed by atoms with Crippen LogP contribution in [0, 0.1) is 5.92 Å². The summed E-state index contributed by atoms with van der Waals surface area (Å²) < 4.78 is 6.83. The lowest BCUT2D eigenvalue weighted by molar-refractivity contribution is 0.0915. The molecule has 0 aromatic carbocycles. The van der Waals surface area contributed by atoms with Gasteiger partial charge in [0, 0.05) is 30.5 Å². The van der Waals surface area contributed by atoms with Crippen LogP contribution in [0.25, 0.3) is 16.8 Å². The van der Waals surface area contributed by atoms with Gasteiger partial charge in [-0.25, -0.2) is 14.5 Å². The molecule has 0 aliphatic heterocycles. The normalized spacial score (nSPS) is 19.2. The van der Waals surface area contributed by atoms with E-state index in [1.54, 1.807) is 30.0 Å². The summed E-state index contributed by atoms with van der Waals surface area (Å²) >= 11 is 0. The van der Waals surface area contributed by atoms with Gasteiger partial charge >= 0.3 is 0 Å². The number of nitrogens with two attached hydrogens (primary N) is 1. The van der Waals surface area contributed by atoms with Crippen molar-refractivity contribution in [3.63, 3.8) is 0 Å². The van der Waals surface area contributed by atoms with Crippen LogP contribution in [0.5, 0.6) is 5.88 Å². The number of hydrogen-bond donors (Lipinski definition) is 3. The fraction of sp³-hybridized carbons (Fsp3) is 0.400. The number of rotatable bonds is 5. The Hall–Kier alpha value is -3.20. The highest BCUT2D eigenvalue weighted by Gasteiger charge is 2.25. The van der Waals surface area contributed by atoms with Gasteiger partial charge < -0.3 is 20.9 Å². The van der Waals surface area contributed by atoms with E-state index < -0.39 is 0 Å². The molecule has 3 aromatic heterocycles. The quantitative estimate of drug-likeness (QED) is 0.598. The molecular weight excluding hydrogens is 372 g/mol. The van der Waals surface area contributed by atoms with Crippen molar-refractivity contribution in [3.05, 3.63) is 36.3 Å². The van der Waals surface area contributed by atoms with Crippen molar-refractivity contribution in [2.75, 3.05) is 19.5 Å². The van der Waals surface area contributed by atoms with E-state index >= 15 is 0 Å². The molecule has 4 N–H and O–H groups in total. The van der Waals surface area contributed by atoms with Gasteiger partial charge in [0.05, 0.1) is 18.4 Å². The first kappa shape index (κ1) is 19.1. The second kappa shape index (κ2) is 8.04. The molecule has 3 heterocycles. The summed E-state index contributed by atoms with van der Waals surface area (Å²) in [5.41, 5.74) is 8.49. The minimum atomic E-state index is -0.205. The van der Waals surface area contributed by atoms with Crippen molar-refractivity contribution in [2.45, 2.75) is 31.7 Å². The average molecular weight is 396 g/mol. The minimum absolute atomic E-state index is 0.0792. The van der Waals surface area contributed by atoms with E-state index in [0.29, 0.717) is 28.6 Å². The van der Waals surface area contributed by atoms with Crippen LogP contribution >= 0.6 is 0 Å². The summed E-state index contributed by atoms with van der Waals surface area (Å²) in [4.78, 5) is 21.3. The van der Waals surface area contributed by atoms with Gasteiger partial charge in [0.25, 0.3) is 5.91 Å². The maximum Gasteiger partial charge on any atom is 0.253 e. The van der Waals surface area contributed by atoms with Crippen LogP contribution in [0.2, 0.25) is 0 Å². The Morgan fingerprint density at radius 1 is 1.31 bits per heavy atom. The lowest BCUT2D eigenvalue weighted by Gasteiger charge is -2.27. The van der Waals surface area contributed by atoms with Gasteiger partial charge in [-0.15, -0.1) is 0 Å². The van der Waals surface area contributed by atoms with Crippen LogP contribution in [0.1, 0.15) is 36.0 Å². The lowest BCUT2D eigenvalue weighted by atomic mass is 9.86. The number of methoxy groups -OCH3 is 1. The molecule has 1 saturated carbocycles. The number of nitrogen functional groups attached to an aromatic ring is 1. The summed E-state index contributed by atoms with van der Waals surface area (Å²) in [7, 11) is 1.55. The topological polar surface area (TPSA) is 128 Å². The number of aliphatic hydroxyl groups is 1. The third-order valence-electron chi connectivity index (χ3n) is 5.51. The molecule has 3 aromatic rings. The van der Waals surface area contributed by atoms with E-state index in [1.165, 1.54) is 6.33 Å². The molecule has 0 bridgehead atoms. The highest BCUT2D eigenvalue weighted by molar-refractivity contribution is 6.05. The average Bonchev–Trinajstić information content (AvgIpc) is 3.15. The molecule has 9 heteroatoms. The van der Waals surface area contributed by atoms with Crippen LogP contribution in [0.15, 0.2) is 30.7 Å². The van der Waals surface area contributed by atoms with E-state index in [0.717, 1.165) is 31.2 Å². The Morgan fingerprint density at radius 2 is 2.10 bits per heavy atom. The van der Waals surface area contributed by atoms with Crippen molar-refractivity contribution >= 4 is 17.2 Å². The first-order chi connectivity index (χ1) is 14.1. The van der Waals surface area contributed by atoms with Crippen molar-refractivity contribution < 1.29 is 14.6 Å². The number of nitrogens with one attached hydrogen (secondary N) is 1. The molecule has 1 aliphatic rings. The number of aliphatic hydroxyl groups excluding tert-OH is 1. The van der Waals surface area contributed by atoms with Gasteiger partial charge in [-0.05, 0) is 43.7 Å². The number of hydrogen-bond acceptors (Lipinski definition) is 7. The van der Waals surface area contributed by atoms with E-state index in [-0.39, 0.29) is 24.4 Å². The number of nitrogens with zero attached hydrogens (tertiary/aromatic N) is 4. The fourth-order valence-corrected chi connectivity index (χ4v) is 3.88. The monoisotopic (exact) mass is 396 g/mol. The highest BCUT2D eigenvalue weighted by atomic mass is 16.5. The Kier molecular flexibility index (Phi) is 5.30. The molecule has 0 radical (unpaired) electrons. The number of ether oxygens (including phenoxy) is 1. The molecule has 1 aliphatic carbocycles. The maximum atomic E-state index is 13.1. The summed E-state index contributed by atoms with van der Waals surface area (Å²) in [6.07, 6.45) is 6.52. The molecule has 29 heavy (non-hydrogen) atoms. The number of fused-ring (bicyclic) bond motifs is 1. The molecule has 152 valence electrons. The maximum absolute atomic E-state index is 13.1. The van der Waals surface area contributed by atoms with Gasteiger partial charge in [-0.3, -0.25) is 4.79 Å². The smallest absolute Gasteiger partial charge is 0.253 e. The number of anilines is 1. The van der Waals surface area contributed by atoms with Crippen LogP contribution in [0.4, 0.5) is 5.82 Å². The zero-order valence-electron chi connectivity index (χ0n) is 16.2. The third kappa shape index (κ3) is 3.73. The van der Waals surface area contributed by atoms with Gasteiger partial charge in [-0.1, -0.05) is 0 Å². The molecule has 9 nitrogen and oxygen atoms in total. The summed E-state index contributed by atoms with van der Waals surface area (Å²) in [6.45, 7) is 0.206. The zero-order valence-corrected chi connectivity index (χ0v) is 16.2. The number of carbonyl (C=O) groups is 1. The van der Waals surface area contributed by atoms with Crippen molar-refractivity contribution in [1.82, 2.24) is 24.9 Å². The number of amides is 1. The van der Waals surface area contributed by atoms with Gasteiger partial charge in [0.1, 0.15) is 11.8 Å². The lowest BCUT2D eigenvalue weighted by Crippen LogP contribution is -2.38. The molecular formula is C20H24N6O3. The van der Waals surface area contributed by atoms with E-state index in [2.05, 4.69) is 20.4 Å². The zero-order chi connectivity index (χ0) is 20.4. The second-order valence-corrected chi connectivity index (χ2v) is 7.31. The Balaban J connectivity index is 1.68. The number of aromatic nitrogens is 4. The SMILES string of the molecule is COc1cc(-c2cc(C(=O)NC3CCC(CO)CC3)c3c(N)ncnn23)ccn1. The fourth-order valence-electron chi connectivity index (χ4n) is 3.88. The standard InChI is InChI=1S/C20H24N6O3/c1-29-17-8-13(6-7-22-17)16-9-15(18-19(21)23-11-24-26(16)18)20(28)25-14-4-2-12(10-27)3-5-14/h6-9,11-12,14,27H,2-5,10H2,1H3,(H,25,28)(H2,21,23,24). The van der Waals surface area contributed by atoms with Crippen LogP contribution in [0.3, 0.4) is 0 Å². The van der Waals surface area contributed by atoms with Crippen LogP contribution < -0.4 is 15.8 Å². The molecule has 0 spiro atoms. The van der Waals surface area contributed by atoms with Gasteiger partial charge in [0.15, 0.2) is 5.82 Å². The molecule has 1 fully saturated rings. The first-order valence-corrected chi connectivity index (χ1v) is 9.65. The molecule has 1 amide bonds. The van der Waals surface area contributed by atoms with Crippen LogP contribution in [-0.4, -0.2) is 50.4 Å². The Labute approximate surface area is 167 Å². The highest BCUT2D eigenvalue weighted by Crippen LogP contribution is 2.30. The Bertz CT molecular complexity index is 1030.